The molecular weight excluding hydrogens is 230 g/mol. The van der Waals surface area contributed by atoms with Gasteiger partial charge in [0.2, 0.25) is 0 Å². The second-order valence-electron chi connectivity index (χ2n) is 3.92. The van der Waals surface area contributed by atoms with E-state index in [0.717, 1.165) is 0 Å². The number of nitrogens with one attached hydrogen (secondary N) is 1. The summed E-state index contributed by atoms with van der Waals surface area (Å²) in [6.45, 7) is 2.53. The van der Waals surface area contributed by atoms with Crippen molar-refractivity contribution in [1.29, 1.82) is 0 Å². The standard InChI is InChI=1S/C14H19NO3/c1-12(11-18-10-9-16)15-14(17)13-7-5-3-2-4-6-8-13/h2-8,12,16H,9-11H2,1H3,(H,15,17)/b3-2-,4-2?,5-3?,6-4-,7-5-,8-6?,13-7?,13-8+. The molecule has 98 valence electrons. The molecule has 4 nitrogen and oxygen atoms in total. The van der Waals surface area contributed by atoms with E-state index in [1.165, 1.54) is 0 Å². The van der Waals surface area contributed by atoms with Gasteiger partial charge >= 0.3 is 0 Å². The summed E-state index contributed by atoms with van der Waals surface area (Å²) < 4.78 is 5.15. The average Bonchev–Trinajstić information content (AvgIpc) is 2.28. The van der Waals surface area contributed by atoms with Gasteiger partial charge in [0, 0.05) is 11.6 Å². The summed E-state index contributed by atoms with van der Waals surface area (Å²) in [5, 5.41) is 11.4. The fourth-order valence-electron chi connectivity index (χ4n) is 1.39. The Kier molecular flexibility index (Phi) is 6.76. The number of hydrogen-bond donors (Lipinski definition) is 2. The van der Waals surface area contributed by atoms with Gasteiger partial charge in [-0.3, -0.25) is 4.79 Å². The Hall–Kier alpha value is -1.65. The summed E-state index contributed by atoms with van der Waals surface area (Å²) >= 11 is 0. The van der Waals surface area contributed by atoms with Crippen molar-refractivity contribution < 1.29 is 14.6 Å². The van der Waals surface area contributed by atoms with Crippen molar-refractivity contribution >= 4 is 5.91 Å². The van der Waals surface area contributed by atoms with Gasteiger partial charge in [0.05, 0.1) is 19.8 Å². The number of carbonyl (C=O) groups is 1. The Labute approximate surface area is 107 Å². The van der Waals surface area contributed by atoms with Crippen LogP contribution in [0.4, 0.5) is 0 Å². The molecule has 0 aromatic heterocycles. The lowest BCUT2D eigenvalue weighted by Gasteiger charge is -2.14. The molecule has 0 bridgehead atoms. The van der Waals surface area contributed by atoms with Gasteiger partial charge in [-0.1, -0.05) is 30.4 Å². The van der Waals surface area contributed by atoms with E-state index in [2.05, 4.69) is 5.32 Å². The third-order valence-corrected chi connectivity index (χ3v) is 2.24. The highest BCUT2D eigenvalue weighted by molar-refractivity contribution is 5.96. The van der Waals surface area contributed by atoms with Crippen LogP contribution in [0, 0.1) is 0 Å². The van der Waals surface area contributed by atoms with Crippen LogP contribution >= 0.6 is 0 Å². The zero-order valence-corrected chi connectivity index (χ0v) is 10.5. The maximum atomic E-state index is 11.9. The number of aliphatic hydroxyl groups excluding tert-OH is 1. The number of aliphatic hydroxyl groups is 1. The predicted molar refractivity (Wildman–Crippen MR) is 71.0 cm³/mol. The van der Waals surface area contributed by atoms with Crippen LogP contribution in [0.25, 0.3) is 0 Å². The Morgan fingerprint density at radius 3 is 2.83 bits per heavy atom. The molecule has 0 aromatic carbocycles. The summed E-state index contributed by atoms with van der Waals surface area (Å²) in [6.07, 6.45) is 12.8. The molecule has 2 N–H and O–H groups in total. The maximum absolute atomic E-state index is 11.9. The summed E-state index contributed by atoms with van der Waals surface area (Å²) in [7, 11) is 0. The Morgan fingerprint density at radius 1 is 1.33 bits per heavy atom. The zero-order chi connectivity index (χ0) is 13.2. The SMILES string of the molecule is CC(COCCO)NC(=O)C1=C/C=C\C=C/C=C\1. The minimum Gasteiger partial charge on any atom is -0.394 e. The van der Waals surface area contributed by atoms with Crippen molar-refractivity contribution in [2.24, 2.45) is 0 Å². The predicted octanol–water partition coefficient (Wildman–Crippen LogP) is 1.11. The monoisotopic (exact) mass is 249 g/mol. The largest absolute Gasteiger partial charge is 0.394 e. The van der Waals surface area contributed by atoms with Crippen molar-refractivity contribution in [1.82, 2.24) is 5.32 Å². The first-order valence-corrected chi connectivity index (χ1v) is 5.95. The van der Waals surface area contributed by atoms with Gasteiger partial charge in [-0.25, -0.2) is 0 Å². The molecule has 1 aliphatic rings. The first-order chi connectivity index (χ1) is 8.74. The van der Waals surface area contributed by atoms with Crippen LogP contribution in [-0.4, -0.2) is 36.9 Å². The van der Waals surface area contributed by atoms with Crippen molar-refractivity contribution in [3.63, 3.8) is 0 Å². The van der Waals surface area contributed by atoms with Crippen molar-refractivity contribution in [3.8, 4) is 0 Å². The molecule has 0 radical (unpaired) electrons. The molecule has 1 rings (SSSR count). The lowest BCUT2D eigenvalue weighted by Crippen LogP contribution is -2.36. The molecule has 0 fully saturated rings. The molecule has 0 heterocycles. The van der Waals surface area contributed by atoms with E-state index in [1.807, 2.05) is 37.3 Å². The number of amides is 1. The molecule has 1 unspecified atom stereocenters. The third kappa shape index (κ3) is 5.61. The number of ether oxygens (including phenoxy) is 1. The van der Waals surface area contributed by atoms with Crippen LogP contribution in [0.3, 0.4) is 0 Å². The van der Waals surface area contributed by atoms with Crippen LogP contribution in [0.1, 0.15) is 6.92 Å². The van der Waals surface area contributed by atoms with E-state index in [-0.39, 0.29) is 25.2 Å². The van der Waals surface area contributed by atoms with E-state index in [1.54, 1.807) is 12.2 Å². The van der Waals surface area contributed by atoms with E-state index in [4.69, 9.17) is 9.84 Å². The van der Waals surface area contributed by atoms with Gasteiger partial charge in [0.15, 0.2) is 0 Å². The molecule has 0 saturated carbocycles. The maximum Gasteiger partial charge on any atom is 0.251 e. The van der Waals surface area contributed by atoms with Gasteiger partial charge in [-0.05, 0) is 19.1 Å². The molecule has 1 aliphatic carbocycles. The van der Waals surface area contributed by atoms with Crippen molar-refractivity contribution in [2.75, 3.05) is 19.8 Å². The molecule has 0 saturated heterocycles. The van der Waals surface area contributed by atoms with E-state index in [9.17, 15) is 4.79 Å². The smallest absolute Gasteiger partial charge is 0.251 e. The third-order valence-electron chi connectivity index (χ3n) is 2.24. The molecule has 4 heteroatoms. The second-order valence-corrected chi connectivity index (χ2v) is 3.92. The fourth-order valence-corrected chi connectivity index (χ4v) is 1.39. The molecular formula is C14H19NO3. The normalized spacial score (nSPS) is 24.0. The Bertz CT molecular complexity index is 381. The number of carbonyl (C=O) groups excluding carboxylic acids is 1. The summed E-state index contributed by atoms with van der Waals surface area (Å²) in [4.78, 5) is 11.9. The highest BCUT2D eigenvalue weighted by Gasteiger charge is 2.10. The van der Waals surface area contributed by atoms with E-state index < -0.39 is 0 Å². The topological polar surface area (TPSA) is 58.6 Å². The van der Waals surface area contributed by atoms with Gasteiger partial charge in [0.25, 0.3) is 5.91 Å². The van der Waals surface area contributed by atoms with Crippen LogP contribution < -0.4 is 5.32 Å². The Morgan fingerprint density at radius 2 is 2.06 bits per heavy atom. The molecule has 0 aromatic rings. The highest BCUT2D eigenvalue weighted by Crippen LogP contribution is 2.02. The van der Waals surface area contributed by atoms with Gasteiger partial charge < -0.3 is 15.2 Å². The average molecular weight is 249 g/mol. The fraction of sp³-hybridized carbons (Fsp3) is 0.357. The number of hydrogen-bond acceptors (Lipinski definition) is 3. The minimum atomic E-state index is -0.133. The van der Waals surface area contributed by atoms with Crippen molar-refractivity contribution in [2.45, 2.75) is 13.0 Å². The minimum absolute atomic E-state index is 0.00825. The number of allylic oxidation sites excluding steroid dienone is 6. The molecule has 18 heavy (non-hydrogen) atoms. The molecule has 0 spiro atoms. The van der Waals surface area contributed by atoms with Gasteiger partial charge in [-0.15, -0.1) is 0 Å². The first-order valence-electron chi connectivity index (χ1n) is 5.95. The first kappa shape index (κ1) is 14.4. The van der Waals surface area contributed by atoms with Gasteiger partial charge in [-0.2, -0.15) is 0 Å². The summed E-state index contributed by atoms with van der Waals surface area (Å²) in [5.41, 5.74) is 0.601. The lowest BCUT2D eigenvalue weighted by molar-refractivity contribution is -0.118. The Balaban J connectivity index is 2.44. The van der Waals surface area contributed by atoms with Crippen molar-refractivity contribution in [3.05, 3.63) is 48.1 Å². The molecule has 0 aliphatic heterocycles. The summed E-state index contributed by atoms with van der Waals surface area (Å²) in [6, 6.07) is -0.0942. The van der Waals surface area contributed by atoms with Crippen LogP contribution in [-0.2, 0) is 9.53 Å². The second kappa shape index (κ2) is 8.44. The zero-order valence-electron chi connectivity index (χ0n) is 10.5. The van der Waals surface area contributed by atoms with Crippen LogP contribution in [0.5, 0.6) is 0 Å². The number of rotatable bonds is 6. The quantitative estimate of drug-likeness (QED) is 0.693. The molecule has 1 amide bonds. The van der Waals surface area contributed by atoms with Crippen LogP contribution in [0.2, 0.25) is 0 Å². The lowest BCUT2D eigenvalue weighted by atomic mass is 10.1. The van der Waals surface area contributed by atoms with Crippen LogP contribution in [0.15, 0.2) is 48.1 Å². The van der Waals surface area contributed by atoms with E-state index >= 15 is 0 Å². The molecule has 1 atom stereocenters. The highest BCUT2D eigenvalue weighted by atomic mass is 16.5. The summed E-state index contributed by atoms with van der Waals surface area (Å²) in [5.74, 6) is -0.133. The van der Waals surface area contributed by atoms with E-state index in [0.29, 0.717) is 12.2 Å². The van der Waals surface area contributed by atoms with Gasteiger partial charge in [0.1, 0.15) is 0 Å².